The Hall–Kier alpha value is -2.52. The molecule has 0 amide bonds. The Morgan fingerprint density at radius 2 is 1.93 bits per heavy atom. The predicted octanol–water partition coefficient (Wildman–Crippen LogP) is 4.25. The molecule has 0 fully saturated rings. The van der Waals surface area contributed by atoms with Crippen molar-refractivity contribution >= 4 is 55.8 Å². The van der Waals surface area contributed by atoms with Gasteiger partial charge in [-0.25, -0.2) is 19.0 Å². The normalized spacial score (nSPS) is 14.6. The van der Waals surface area contributed by atoms with E-state index in [0.717, 1.165) is 0 Å². The van der Waals surface area contributed by atoms with Crippen LogP contribution in [0.5, 0.6) is 5.75 Å². The Labute approximate surface area is 176 Å². The van der Waals surface area contributed by atoms with E-state index in [9.17, 15) is 14.0 Å². The maximum atomic E-state index is 13.9. The summed E-state index contributed by atoms with van der Waals surface area (Å²) < 4.78 is 30.0. The molecule has 6 nitrogen and oxygen atoms in total. The van der Waals surface area contributed by atoms with Crippen LogP contribution in [0.2, 0.25) is 0 Å². The van der Waals surface area contributed by atoms with Crippen LogP contribution in [0.4, 0.5) is 4.39 Å². The first-order valence-electron chi connectivity index (χ1n) is 7.85. The van der Waals surface area contributed by atoms with Gasteiger partial charge in [-0.05, 0) is 67.8 Å². The summed E-state index contributed by atoms with van der Waals surface area (Å²) in [5, 5.41) is 0. The van der Waals surface area contributed by atoms with Gasteiger partial charge in [-0.3, -0.25) is 0 Å². The molecule has 0 aliphatic carbocycles. The zero-order chi connectivity index (χ0) is 20.3. The maximum absolute atomic E-state index is 13.9. The smallest absolute Gasteiger partial charge is 0.363 e. The summed E-state index contributed by atoms with van der Waals surface area (Å²) in [7, 11) is 1.27. The van der Waals surface area contributed by atoms with E-state index in [1.165, 1.54) is 31.4 Å². The highest BCUT2D eigenvalue weighted by atomic mass is 79.9. The molecule has 0 bridgehead atoms. The average molecular weight is 513 g/mol. The molecule has 9 heteroatoms. The molecule has 0 unspecified atom stereocenters. The van der Waals surface area contributed by atoms with Gasteiger partial charge in [0.1, 0.15) is 11.6 Å². The maximum Gasteiger partial charge on any atom is 0.363 e. The molecule has 0 N–H and O–H groups in total. The van der Waals surface area contributed by atoms with Crippen molar-refractivity contribution < 1.29 is 28.2 Å². The van der Waals surface area contributed by atoms with Crippen LogP contribution >= 0.6 is 31.9 Å². The molecule has 1 heterocycles. The van der Waals surface area contributed by atoms with Crippen molar-refractivity contribution in [2.45, 2.75) is 0 Å². The molecule has 0 aromatic heterocycles. The van der Waals surface area contributed by atoms with Gasteiger partial charge in [0.05, 0.1) is 21.6 Å². The van der Waals surface area contributed by atoms with Gasteiger partial charge in [0.15, 0.2) is 12.3 Å². The molecule has 1 aliphatic rings. The van der Waals surface area contributed by atoms with Crippen molar-refractivity contribution in [2.75, 3.05) is 13.7 Å². The van der Waals surface area contributed by atoms with Gasteiger partial charge in [-0.1, -0.05) is 12.1 Å². The van der Waals surface area contributed by atoms with Gasteiger partial charge in [0.2, 0.25) is 5.90 Å². The second kappa shape index (κ2) is 8.66. The first-order chi connectivity index (χ1) is 13.4. The Balaban J connectivity index is 1.88. The molecule has 0 radical (unpaired) electrons. The SMILES string of the molecule is COC(=O)COc1c(Br)cc(/C=C2\N=C(c3ccccc3F)OC2=O)cc1Br. The minimum absolute atomic E-state index is 0.0280. The van der Waals surface area contributed by atoms with Crippen molar-refractivity contribution in [3.63, 3.8) is 0 Å². The fourth-order valence-corrected chi connectivity index (χ4v) is 3.76. The number of rotatable bonds is 5. The van der Waals surface area contributed by atoms with E-state index in [0.29, 0.717) is 20.3 Å². The van der Waals surface area contributed by atoms with Gasteiger partial charge >= 0.3 is 11.9 Å². The lowest BCUT2D eigenvalue weighted by atomic mass is 10.2. The summed E-state index contributed by atoms with van der Waals surface area (Å²) in [6.45, 7) is -0.253. The number of halogens is 3. The summed E-state index contributed by atoms with van der Waals surface area (Å²) in [4.78, 5) is 27.4. The zero-order valence-corrected chi connectivity index (χ0v) is 17.5. The molecule has 0 atom stereocenters. The van der Waals surface area contributed by atoms with Gasteiger partial charge in [-0.2, -0.15) is 0 Å². The van der Waals surface area contributed by atoms with Crippen LogP contribution in [0.3, 0.4) is 0 Å². The minimum atomic E-state index is -0.684. The summed E-state index contributed by atoms with van der Waals surface area (Å²) in [5.41, 5.74) is 0.739. The zero-order valence-electron chi connectivity index (χ0n) is 14.4. The average Bonchev–Trinajstić information content (AvgIpc) is 3.01. The fraction of sp³-hybridized carbons (Fsp3) is 0.105. The number of aliphatic imine (C=N–C) groups is 1. The molecule has 1 aliphatic heterocycles. The number of benzene rings is 2. The highest BCUT2D eigenvalue weighted by molar-refractivity contribution is 9.11. The van der Waals surface area contributed by atoms with E-state index in [1.807, 2.05) is 0 Å². The van der Waals surface area contributed by atoms with Gasteiger partial charge < -0.3 is 14.2 Å². The third-order valence-electron chi connectivity index (χ3n) is 3.61. The fourth-order valence-electron chi connectivity index (χ4n) is 2.31. The number of hydrogen-bond donors (Lipinski definition) is 0. The molecule has 144 valence electrons. The number of carbonyl (C=O) groups excluding carboxylic acids is 2. The van der Waals surface area contributed by atoms with Crippen LogP contribution in [-0.2, 0) is 19.1 Å². The summed E-state index contributed by atoms with van der Waals surface area (Å²) in [5.74, 6) is -1.43. The van der Waals surface area contributed by atoms with Crippen LogP contribution in [0.1, 0.15) is 11.1 Å². The predicted molar refractivity (Wildman–Crippen MR) is 106 cm³/mol. The molecular weight excluding hydrogens is 501 g/mol. The number of nitrogens with zero attached hydrogens (tertiary/aromatic N) is 1. The number of methoxy groups -OCH3 is 1. The van der Waals surface area contributed by atoms with Crippen molar-refractivity contribution in [3.05, 3.63) is 68.0 Å². The lowest BCUT2D eigenvalue weighted by Gasteiger charge is -2.10. The van der Waals surface area contributed by atoms with E-state index in [-0.39, 0.29) is 23.8 Å². The molecule has 2 aromatic carbocycles. The molecular formula is C19H12Br2FNO5. The number of carbonyl (C=O) groups is 2. The first-order valence-corrected chi connectivity index (χ1v) is 9.43. The third-order valence-corrected chi connectivity index (χ3v) is 4.79. The minimum Gasteiger partial charge on any atom is -0.480 e. The molecule has 0 spiro atoms. The Kier molecular flexibility index (Phi) is 6.25. The standard InChI is InChI=1S/C19H12Br2FNO5/c1-26-16(24)9-27-17-12(20)6-10(7-13(17)21)8-15-19(25)28-18(23-15)11-4-2-3-5-14(11)22/h2-8H,9H2,1H3/b15-8-. The van der Waals surface area contributed by atoms with Crippen LogP contribution < -0.4 is 4.74 Å². The third kappa shape index (κ3) is 4.48. The molecule has 0 saturated heterocycles. The van der Waals surface area contributed by atoms with E-state index >= 15 is 0 Å². The topological polar surface area (TPSA) is 74.2 Å². The second-order valence-corrected chi connectivity index (χ2v) is 7.20. The quantitative estimate of drug-likeness (QED) is 0.442. The number of cyclic esters (lactones) is 1. The van der Waals surface area contributed by atoms with E-state index in [2.05, 4.69) is 41.6 Å². The van der Waals surface area contributed by atoms with E-state index in [4.69, 9.17) is 9.47 Å². The largest absolute Gasteiger partial charge is 0.480 e. The summed E-state index contributed by atoms with van der Waals surface area (Å²) >= 11 is 6.71. The first kappa shape index (κ1) is 20.2. The van der Waals surface area contributed by atoms with Crippen LogP contribution in [0.15, 0.2) is 56.0 Å². The second-order valence-electron chi connectivity index (χ2n) is 5.49. The monoisotopic (exact) mass is 511 g/mol. The summed E-state index contributed by atoms with van der Waals surface area (Å²) in [6.07, 6.45) is 1.50. The van der Waals surface area contributed by atoms with Crippen LogP contribution in [0.25, 0.3) is 6.08 Å². The van der Waals surface area contributed by atoms with Crippen molar-refractivity contribution in [2.24, 2.45) is 4.99 Å². The van der Waals surface area contributed by atoms with Gasteiger partial charge in [-0.15, -0.1) is 0 Å². The van der Waals surface area contributed by atoms with Gasteiger partial charge in [0.25, 0.3) is 0 Å². The number of hydrogen-bond acceptors (Lipinski definition) is 6. The molecule has 3 rings (SSSR count). The van der Waals surface area contributed by atoms with Crippen molar-refractivity contribution in [1.82, 2.24) is 0 Å². The Morgan fingerprint density at radius 1 is 1.25 bits per heavy atom. The van der Waals surface area contributed by atoms with Gasteiger partial charge in [0, 0.05) is 0 Å². The summed E-state index contributed by atoms with van der Waals surface area (Å²) in [6, 6.07) is 9.24. The lowest BCUT2D eigenvalue weighted by molar-refractivity contribution is -0.143. The number of ether oxygens (including phenoxy) is 3. The Bertz CT molecular complexity index is 996. The van der Waals surface area contributed by atoms with Crippen LogP contribution in [-0.4, -0.2) is 31.6 Å². The van der Waals surface area contributed by atoms with Crippen molar-refractivity contribution in [3.8, 4) is 5.75 Å². The van der Waals surface area contributed by atoms with E-state index in [1.54, 1.807) is 18.2 Å². The molecule has 2 aromatic rings. The lowest BCUT2D eigenvalue weighted by Crippen LogP contribution is -2.13. The Morgan fingerprint density at radius 3 is 2.57 bits per heavy atom. The van der Waals surface area contributed by atoms with Crippen molar-refractivity contribution in [1.29, 1.82) is 0 Å². The van der Waals surface area contributed by atoms with Crippen LogP contribution in [0, 0.1) is 5.82 Å². The molecule has 0 saturated carbocycles. The highest BCUT2D eigenvalue weighted by Crippen LogP contribution is 2.35. The number of esters is 2. The molecule has 28 heavy (non-hydrogen) atoms. The van der Waals surface area contributed by atoms with E-state index < -0.39 is 17.8 Å². The highest BCUT2D eigenvalue weighted by Gasteiger charge is 2.26.